The first-order valence-corrected chi connectivity index (χ1v) is 5.62. The molecule has 1 aromatic heterocycles. The third-order valence-corrected chi connectivity index (χ3v) is 2.81. The Morgan fingerprint density at radius 1 is 1.62 bits per heavy atom. The molecular formula is C12H16N4. The van der Waals surface area contributed by atoms with Crippen LogP contribution in [-0.2, 0) is 0 Å². The molecule has 0 spiro atoms. The van der Waals surface area contributed by atoms with Gasteiger partial charge in [-0.05, 0) is 31.4 Å². The van der Waals surface area contributed by atoms with Crippen LogP contribution in [0.1, 0.15) is 31.9 Å². The van der Waals surface area contributed by atoms with Crippen molar-refractivity contribution >= 4 is 11.5 Å². The van der Waals surface area contributed by atoms with Crippen molar-refractivity contribution in [3.63, 3.8) is 0 Å². The van der Waals surface area contributed by atoms with Gasteiger partial charge in [-0.25, -0.2) is 4.98 Å². The average molecular weight is 216 g/mol. The normalized spacial score (nSPS) is 16.5. The summed E-state index contributed by atoms with van der Waals surface area (Å²) in [6.45, 7) is 2.14. The molecule has 0 bridgehead atoms. The molecule has 16 heavy (non-hydrogen) atoms. The highest BCUT2D eigenvalue weighted by Gasteiger charge is 2.23. The second kappa shape index (κ2) is 4.40. The standard InChI is InChI=1S/C12H16N4/c1-8(6-9-2-3-9)15-12-5-4-10(14)11(7-13)16-12/h4-5,8-9H,2-3,6,14H2,1H3,(H,15,16). The van der Waals surface area contributed by atoms with Crippen LogP contribution in [-0.4, -0.2) is 11.0 Å². The Morgan fingerprint density at radius 3 is 3.00 bits per heavy atom. The highest BCUT2D eigenvalue weighted by Crippen LogP contribution is 2.33. The molecule has 0 aliphatic heterocycles. The minimum Gasteiger partial charge on any atom is -0.396 e. The first-order valence-electron chi connectivity index (χ1n) is 5.62. The van der Waals surface area contributed by atoms with Gasteiger partial charge in [-0.15, -0.1) is 0 Å². The predicted molar refractivity (Wildman–Crippen MR) is 63.8 cm³/mol. The van der Waals surface area contributed by atoms with E-state index in [1.54, 1.807) is 6.07 Å². The van der Waals surface area contributed by atoms with Gasteiger partial charge in [-0.3, -0.25) is 0 Å². The molecule has 1 aromatic rings. The summed E-state index contributed by atoms with van der Waals surface area (Å²) < 4.78 is 0. The van der Waals surface area contributed by atoms with Gasteiger partial charge in [-0.2, -0.15) is 5.26 Å². The molecule has 1 saturated carbocycles. The molecule has 4 nitrogen and oxygen atoms in total. The van der Waals surface area contributed by atoms with Crippen molar-refractivity contribution < 1.29 is 0 Å². The van der Waals surface area contributed by atoms with E-state index in [2.05, 4.69) is 17.2 Å². The van der Waals surface area contributed by atoms with Gasteiger partial charge >= 0.3 is 0 Å². The van der Waals surface area contributed by atoms with Gasteiger partial charge < -0.3 is 11.1 Å². The summed E-state index contributed by atoms with van der Waals surface area (Å²) in [5.74, 6) is 1.62. The van der Waals surface area contributed by atoms with E-state index < -0.39 is 0 Å². The van der Waals surface area contributed by atoms with Crippen molar-refractivity contribution in [1.82, 2.24) is 4.98 Å². The third kappa shape index (κ3) is 2.63. The van der Waals surface area contributed by atoms with E-state index in [0.717, 1.165) is 11.7 Å². The molecule has 1 unspecified atom stereocenters. The number of pyridine rings is 1. The summed E-state index contributed by atoms with van der Waals surface area (Å²) in [5.41, 5.74) is 6.34. The Morgan fingerprint density at radius 2 is 2.38 bits per heavy atom. The summed E-state index contributed by atoms with van der Waals surface area (Å²) in [5, 5.41) is 12.1. The summed E-state index contributed by atoms with van der Waals surface area (Å²) >= 11 is 0. The number of aromatic nitrogens is 1. The molecule has 1 fully saturated rings. The maximum atomic E-state index is 8.81. The molecule has 1 aliphatic rings. The molecule has 84 valence electrons. The number of nitrogens with two attached hydrogens (primary N) is 1. The first-order chi connectivity index (χ1) is 7.69. The Hall–Kier alpha value is -1.76. The van der Waals surface area contributed by atoms with Crippen LogP contribution in [0.4, 0.5) is 11.5 Å². The lowest BCUT2D eigenvalue weighted by Gasteiger charge is -2.14. The van der Waals surface area contributed by atoms with Crippen LogP contribution in [0.2, 0.25) is 0 Å². The van der Waals surface area contributed by atoms with Gasteiger partial charge in [0.25, 0.3) is 0 Å². The Bertz CT molecular complexity index is 418. The third-order valence-electron chi connectivity index (χ3n) is 2.81. The Balaban J connectivity index is 2.00. The second-order valence-electron chi connectivity index (χ2n) is 4.47. The van der Waals surface area contributed by atoms with Crippen molar-refractivity contribution in [2.75, 3.05) is 11.1 Å². The molecular weight excluding hydrogens is 200 g/mol. The predicted octanol–water partition coefficient (Wildman–Crippen LogP) is 2.14. The zero-order valence-electron chi connectivity index (χ0n) is 9.40. The maximum absolute atomic E-state index is 8.81. The molecule has 4 heteroatoms. The number of anilines is 2. The van der Waals surface area contributed by atoms with E-state index in [-0.39, 0.29) is 0 Å². The van der Waals surface area contributed by atoms with Gasteiger partial charge in [0.15, 0.2) is 5.69 Å². The van der Waals surface area contributed by atoms with Crippen molar-refractivity contribution in [3.8, 4) is 6.07 Å². The number of hydrogen-bond acceptors (Lipinski definition) is 4. The minimum absolute atomic E-state index is 0.295. The number of nitriles is 1. The number of nitrogen functional groups attached to an aromatic ring is 1. The second-order valence-corrected chi connectivity index (χ2v) is 4.47. The summed E-state index contributed by atoms with van der Waals surface area (Å²) in [7, 11) is 0. The summed E-state index contributed by atoms with van der Waals surface area (Å²) in [4.78, 5) is 4.16. The van der Waals surface area contributed by atoms with Crippen molar-refractivity contribution in [3.05, 3.63) is 17.8 Å². The quantitative estimate of drug-likeness (QED) is 0.808. The van der Waals surface area contributed by atoms with Gasteiger partial charge in [0, 0.05) is 6.04 Å². The zero-order valence-corrected chi connectivity index (χ0v) is 9.40. The monoisotopic (exact) mass is 216 g/mol. The van der Waals surface area contributed by atoms with E-state index in [4.69, 9.17) is 11.0 Å². The van der Waals surface area contributed by atoms with E-state index in [0.29, 0.717) is 17.4 Å². The number of nitrogens with zero attached hydrogens (tertiary/aromatic N) is 2. The first kappa shape index (κ1) is 10.7. The van der Waals surface area contributed by atoms with Crippen molar-refractivity contribution in [2.45, 2.75) is 32.2 Å². The van der Waals surface area contributed by atoms with E-state index >= 15 is 0 Å². The fourth-order valence-electron chi connectivity index (χ4n) is 1.80. The molecule has 2 rings (SSSR count). The van der Waals surface area contributed by atoms with Gasteiger partial charge in [0.05, 0.1) is 5.69 Å². The molecule has 0 amide bonds. The summed E-state index contributed by atoms with van der Waals surface area (Å²) in [6, 6.07) is 5.92. The average Bonchev–Trinajstić information content (AvgIpc) is 3.04. The van der Waals surface area contributed by atoms with Crippen LogP contribution in [0.25, 0.3) is 0 Å². The van der Waals surface area contributed by atoms with Gasteiger partial charge in [0.1, 0.15) is 11.9 Å². The Kier molecular flexibility index (Phi) is 2.95. The van der Waals surface area contributed by atoms with Gasteiger partial charge in [-0.1, -0.05) is 12.8 Å². The maximum Gasteiger partial charge on any atom is 0.165 e. The van der Waals surface area contributed by atoms with Gasteiger partial charge in [0.2, 0.25) is 0 Å². The van der Waals surface area contributed by atoms with Crippen molar-refractivity contribution in [1.29, 1.82) is 5.26 Å². The van der Waals surface area contributed by atoms with E-state index in [1.165, 1.54) is 19.3 Å². The lowest BCUT2D eigenvalue weighted by molar-refractivity contribution is 0.640. The van der Waals surface area contributed by atoms with E-state index in [1.807, 2.05) is 12.1 Å². The topological polar surface area (TPSA) is 74.7 Å². The molecule has 0 saturated heterocycles. The Labute approximate surface area is 95.5 Å². The number of rotatable bonds is 4. The molecule has 0 aromatic carbocycles. The van der Waals surface area contributed by atoms with Crippen LogP contribution < -0.4 is 11.1 Å². The fourth-order valence-corrected chi connectivity index (χ4v) is 1.80. The number of hydrogen-bond donors (Lipinski definition) is 2. The van der Waals surface area contributed by atoms with Crippen LogP contribution in [0.15, 0.2) is 12.1 Å². The number of nitrogens with one attached hydrogen (secondary N) is 1. The lowest BCUT2D eigenvalue weighted by Crippen LogP contribution is -2.17. The molecule has 1 aliphatic carbocycles. The van der Waals surface area contributed by atoms with Crippen molar-refractivity contribution in [2.24, 2.45) is 5.92 Å². The van der Waals surface area contributed by atoms with Crippen LogP contribution in [0.3, 0.4) is 0 Å². The smallest absolute Gasteiger partial charge is 0.165 e. The molecule has 0 radical (unpaired) electrons. The fraction of sp³-hybridized carbons (Fsp3) is 0.500. The molecule has 1 atom stereocenters. The summed E-state index contributed by atoms with van der Waals surface area (Å²) in [6.07, 6.45) is 3.88. The SMILES string of the molecule is CC(CC1CC1)Nc1ccc(N)c(C#N)n1. The molecule has 1 heterocycles. The van der Waals surface area contributed by atoms with Crippen LogP contribution >= 0.6 is 0 Å². The van der Waals surface area contributed by atoms with Crippen LogP contribution in [0, 0.1) is 17.2 Å². The highest BCUT2D eigenvalue weighted by molar-refractivity contribution is 5.54. The lowest BCUT2D eigenvalue weighted by atomic mass is 10.1. The highest BCUT2D eigenvalue weighted by atomic mass is 15.0. The minimum atomic E-state index is 0.295. The van der Waals surface area contributed by atoms with Crippen LogP contribution in [0.5, 0.6) is 0 Å². The molecule has 3 N–H and O–H groups in total. The zero-order chi connectivity index (χ0) is 11.5. The largest absolute Gasteiger partial charge is 0.396 e. The van der Waals surface area contributed by atoms with E-state index in [9.17, 15) is 0 Å².